The molecule has 6 heteroatoms. The smallest absolute Gasteiger partial charge is 0.261 e. The lowest BCUT2D eigenvalue weighted by molar-refractivity contribution is -0.139. The van der Waals surface area contributed by atoms with Crippen LogP contribution in [0.15, 0.2) is 29.1 Å². The first-order chi connectivity index (χ1) is 12.9. The van der Waals surface area contributed by atoms with Crippen LogP contribution in [0.25, 0.3) is 10.9 Å². The lowest BCUT2D eigenvalue weighted by atomic mass is 9.90. The molecule has 2 heterocycles. The molecule has 4 rings (SSSR count). The van der Waals surface area contributed by atoms with Crippen LogP contribution < -0.4 is 5.56 Å². The normalized spacial score (nSPS) is 19.6. The highest BCUT2D eigenvalue weighted by Crippen LogP contribution is 2.39. The molecule has 1 aliphatic heterocycles. The van der Waals surface area contributed by atoms with Gasteiger partial charge < -0.3 is 10.0 Å². The molecule has 1 aromatic carbocycles. The van der Waals surface area contributed by atoms with E-state index in [1.807, 2.05) is 36.9 Å². The fourth-order valence-corrected chi connectivity index (χ4v) is 3.95. The van der Waals surface area contributed by atoms with Crippen molar-refractivity contribution >= 4 is 16.8 Å². The zero-order valence-electron chi connectivity index (χ0n) is 16.0. The molecule has 1 saturated heterocycles. The maximum absolute atomic E-state index is 13.1. The van der Waals surface area contributed by atoms with E-state index in [0.717, 1.165) is 24.2 Å². The molecular weight excluding hydrogens is 342 g/mol. The second-order valence-corrected chi connectivity index (χ2v) is 8.36. The Morgan fingerprint density at radius 2 is 1.93 bits per heavy atom. The highest BCUT2D eigenvalue weighted by Gasteiger charge is 2.37. The Morgan fingerprint density at radius 1 is 1.26 bits per heavy atom. The van der Waals surface area contributed by atoms with Gasteiger partial charge in [0.05, 0.1) is 23.0 Å². The molecule has 2 aromatic rings. The zero-order chi connectivity index (χ0) is 19.2. The third-order valence-electron chi connectivity index (χ3n) is 5.79. The largest absolute Gasteiger partial charge is 0.388 e. The van der Waals surface area contributed by atoms with Crippen molar-refractivity contribution in [1.82, 2.24) is 14.5 Å². The van der Waals surface area contributed by atoms with Gasteiger partial charge in [0.25, 0.3) is 5.56 Å². The topological polar surface area (TPSA) is 75.4 Å². The fourth-order valence-electron chi connectivity index (χ4n) is 3.95. The van der Waals surface area contributed by atoms with Crippen LogP contribution in [0.4, 0.5) is 0 Å². The molecule has 6 nitrogen and oxygen atoms in total. The van der Waals surface area contributed by atoms with Crippen LogP contribution in [0.1, 0.15) is 51.3 Å². The molecule has 1 N–H and O–H groups in total. The Labute approximate surface area is 158 Å². The van der Waals surface area contributed by atoms with E-state index in [1.54, 1.807) is 10.6 Å². The number of para-hydroxylation sites is 1. The molecule has 1 saturated carbocycles. The van der Waals surface area contributed by atoms with Crippen molar-refractivity contribution in [3.05, 3.63) is 40.4 Å². The molecule has 0 spiro atoms. The first kappa shape index (κ1) is 18.2. The van der Waals surface area contributed by atoms with Crippen molar-refractivity contribution in [3.8, 4) is 0 Å². The Hall–Kier alpha value is -2.21. The number of benzene rings is 1. The number of carbonyl (C=O) groups is 1. The van der Waals surface area contributed by atoms with Gasteiger partial charge in [0, 0.05) is 24.9 Å². The monoisotopic (exact) mass is 369 g/mol. The minimum atomic E-state index is -0.981. The van der Waals surface area contributed by atoms with Crippen molar-refractivity contribution < 1.29 is 9.90 Å². The van der Waals surface area contributed by atoms with Crippen molar-refractivity contribution in [2.75, 3.05) is 13.1 Å². The third kappa shape index (κ3) is 3.50. The molecule has 144 valence electrons. The summed E-state index contributed by atoms with van der Waals surface area (Å²) in [6, 6.07) is 7.41. The van der Waals surface area contributed by atoms with Gasteiger partial charge in [0.2, 0.25) is 5.91 Å². The first-order valence-corrected chi connectivity index (χ1v) is 9.89. The average molecular weight is 369 g/mol. The quantitative estimate of drug-likeness (QED) is 0.897. The number of rotatable bonds is 4. The summed E-state index contributed by atoms with van der Waals surface area (Å²) in [5.41, 5.74) is -0.327. The van der Waals surface area contributed by atoms with Crippen molar-refractivity contribution in [1.29, 1.82) is 0 Å². The molecule has 0 unspecified atom stereocenters. The van der Waals surface area contributed by atoms with Crippen LogP contribution in [0.2, 0.25) is 0 Å². The van der Waals surface area contributed by atoms with Crippen molar-refractivity contribution in [2.24, 2.45) is 5.92 Å². The highest BCUT2D eigenvalue weighted by molar-refractivity contribution is 5.78. The van der Waals surface area contributed by atoms with Gasteiger partial charge in [-0.15, -0.1) is 0 Å². The molecule has 0 atom stereocenters. The number of likely N-dealkylation sites (tertiary alicyclic amines) is 1. The lowest BCUT2D eigenvalue weighted by Gasteiger charge is -2.39. The maximum atomic E-state index is 13.1. The number of fused-ring (bicyclic) bond motifs is 1. The SMILES string of the molecule is CC(C)C(=O)N1CCC(O)(Cn2c(C3CC3)nc3ccccc3c2=O)CC1. The molecule has 2 aliphatic rings. The summed E-state index contributed by atoms with van der Waals surface area (Å²) in [4.78, 5) is 31.9. The number of piperidine rings is 1. The number of aliphatic hydroxyl groups is 1. The molecular formula is C21H27N3O3. The minimum absolute atomic E-state index is 0.0371. The maximum Gasteiger partial charge on any atom is 0.261 e. The summed E-state index contributed by atoms with van der Waals surface area (Å²) in [5, 5.41) is 11.8. The Kier molecular flexibility index (Phi) is 4.54. The summed E-state index contributed by atoms with van der Waals surface area (Å²) < 4.78 is 1.69. The van der Waals surface area contributed by atoms with E-state index in [4.69, 9.17) is 4.98 Å². The van der Waals surface area contributed by atoms with Gasteiger partial charge in [-0.3, -0.25) is 14.2 Å². The molecule has 2 fully saturated rings. The standard InChI is InChI=1S/C21H27N3O3/c1-14(2)19(25)23-11-9-21(27,10-12-23)13-24-18(15-7-8-15)22-17-6-4-3-5-16(17)20(24)26/h3-6,14-15,27H,7-13H2,1-2H3. The van der Waals surface area contributed by atoms with Crippen LogP contribution in [0.5, 0.6) is 0 Å². The molecule has 1 aromatic heterocycles. The Morgan fingerprint density at radius 3 is 2.56 bits per heavy atom. The summed E-state index contributed by atoms with van der Waals surface area (Å²) >= 11 is 0. The van der Waals surface area contributed by atoms with Crippen LogP contribution in [0, 0.1) is 5.92 Å². The summed E-state index contributed by atoms with van der Waals surface area (Å²) in [7, 11) is 0. The predicted octanol–water partition coefficient (Wildman–Crippen LogP) is 2.28. The second kappa shape index (κ2) is 6.75. The van der Waals surface area contributed by atoms with E-state index in [-0.39, 0.29) is 23.9 Å². The number of carbonyl (C=O) groups excluding carboxylic acids is 1. The van der Waals surface area contributed by atoms with Gasteiger partial charge >= 0.3 is 0 Å². The summed E-state index contributed by atoms with van der Waals surface area (Å²) in [5.74, 6) is 1.20. The fraction of sp³-hybridized carbons (Fsp3) is 0.571. The van der Waals surface area contributed by atoms with Crippen molar-refractivity contribution in [2.45, 2.75) is 57.6 Å². The van der Waals surface area contributed by atoms with E-state index in [1.165, 1.54) is 0 Å². The number of hydrogen-bond acceptors (Lipinski definition) is 4. The molecule has 27 heavy (non-hydrogen) atoms. The molecule has 0 bridgehead atoms. The predicted molar refractivity (Wildman–Crippen MR) is 104 cm³/mol. The van der Waals surface area contributed by atoms with Gasteiger partial charge in [0.15, 0.2) is 0 Å². The van der Waals surface area contributed by atoms with E-state index >= 15 is 0 Å². The molecule has 1 aliphatic carbocycles. The number of aromatic nitrogens is 2. The molecule has 0 radical (unpaired) electrons. The second-order valence-electron chi connectivity index (χ2n) is 8.36. The van der Waals surface area contributed by atoms with E-state index in [2.05, 4.69) is 0 Å². The van der Waals surface area contributed by atoms with Crippen LogP contribution in [0.3, 0.4) is 0 Å². The van der Waals surface area contributed by atoms with Crippen LogP contribution in [-0.2, 0) is 11.3 Å². The number of hydrogen-bond donors (Lipinski definition) is 1. The van der Waals surface area contributed by atoms with Gasteiger partial charge in [0.1, 0.15) is 5.82 Å². The lowest BCUT2D eigenvalue weighted by Crippen LogP contribution is -2.50. The van der Waals surface area contributed by atoms with Crippen LogP contribution in [-0.4, -0.2) is 44.2 Å². The highest BCUT2D eigenvalue weighted by atomic mass is 16.3. The Bertz CT molecular complexity index is 922. The van der Waals surface area contributed by atoms with Gasteiger partial charge in [-0.25, -0.2) is 4.98 Å². The molecule has 1 amide bonds. The van der Waals surface area contributed by atoms with E-state index in [9.17, 15) is 14.7 Å². The minimum Gasteiger partial charge on any atom is -0.388 e. The van der Waals surface area contributed by atoms with Gasteiger partial charge in [-0.05, 0) is 37.8 Å². The van der Waals surface area contributed by atoms with E-state index < -0.39 is 5.60 Å². The number of amides is 1. The third-order valence-corrected chi connectivity index (χ3v) is 5.79. The average Bonchev–Trinajstić information content (AvgIpc) is 3.49. The van der Waals surface area contributed by atoms with E-state index in [0.29, 0.717) is 37.2 Å². The summed E-state index contributed by atoms with van der Waals surface area (Å²) in [6.45, 7) is 5.10. The first-order valence-electron chi connectivity index (χ1n) is 9.89. The van der Waals surface area contributed by atoms with Crippen molar-refractivity contribution in [3.63, 3.8) is 0 Å². The van der Waals surface area contributed by atoms with Gasteiger partial charge in [-0.1, -0.05) is 26.0 Å². The van der Waals surface area contributed by atoms with Gasteiger partial charge in [-0.2, -0.15) is 0 Å². The zero-order valence-corrected chi connectivity index (χ0v) is 16.0. The number of nitrogens with zero attached hydrogens (tertiary/aromatic N) is 3. The Balaban J connectivity index is 1.62. The summed E-state index contributed by atoms with van der Waals surface area (Å²) in [6.07, 6.45) is 3.05. The van der Waals surface area contributed by atoms with Crippen LogP contribution >= 0.6 is 0 Å².